The Hall–Kier alpha value is -3.53. The Kier molecular flexibility index (Phi) is 6.68. The third-order valence-electron chi connectivity index (χ3n) is 4.72. The van der Waals surface area contributed by atoms with Gasteiger partial charge in [-0.1, -0.05) is 0 Å². The average Bonchev–Trinajstić information content (AvgIpc) is 2.71. The maximum atomic E-state index is 13.3. The predicted octanol–water partition coefficient (Wildman–Crippen LogP) is 2.34. The van der Waals surface area contributed by atoms with Crippen molar-refractivity contribution in [1.29, 1.82) is 0 Å². The zero-order chi connectivity index (χ0) is 24.4. The van der Waals surface area contributed by atoms with Crippen LogP contribution in [0.2, 0.25) is 0 Å². The van der Waals surface area contributed by atoms with Crippen LogP contribution in [0.15, 0.2) is 24.5 Å². The summed E-state index contributed by atoms with van der Waals surface area (Å²) < 4.78 is 5.21. The Bertz CT molecular complexity index is 1090. The zero-order valence-corrected chi connectivity index (χ0v) is 19.5. The number of anilines is 2. The first-order valence-corrected chi connectivity index (χ1v) is 10.7. The SMILES string of the molecule is CC(C)(N)CNc1ccc(NCCNC(=O)OC(C)(C)C)c2c1C(=O)c1cnncc1C2=O. The van der Waals surface area contributed by atoms with E-state index in [9.17, 15) is 14.4 Å². The van der Waals surface area contributed by atoms with E-state index >= 15 is 0 Å². The molecule has 0 saturated heterocycles. The molecule has 0 atom stereocenters. The quantitative estimate of drug-likeness (QED) is 0.395. The zero-order valence-electron chi connectivity index (χ0n) is 19.5. The molecule has 0 saturated carbocycles. The number of hydrogen-bond acceptors (Lipinski definition) is 9. The number of nitrogens with two attached hydrogens (primary N) is 1. The van der Waals surface area contributed by atoms with Gasteiger partial charge >= 0.3 is 6.09 Å². The summed E-state index contributed by atoms with van der Waals surface area (Å²) in [6.07, 6.45) is 2.07. The summed E-state index contributed by atoms with van der Waals surface area (Å²) in [5.41, 5.74) is 6.87. The number of ether oxygens (including phenoxy) is 1. The Morgan fingerprint density at radius 1 is 0.909 bits per heavy atom. The van der Waals surface area contributed by atoms with Crippen LogP contribution in [0.4, 0.5) is 16.2 Å². The van der Waals surface area contributed by atoms with Crippen LogP contribution in [-0.4, -0.2) is 58.6 Å². The third kappa shape index (κ3) is 5.83. The first-order chi connectivity index (χ1) is 15.4. The number of ketones is 2. The van der Waals surface area contributed by atoms with Crippen LogP contribution < -0.4 is 21.7 Å². The van der Waals surface area contributed by atoms with Gasteiger partial charge in [-0.25, -0.2) is 4.79 Å². The standard InChI is InChI=1S/C23H30N6O4/c1-22(2,3)33-21(32)26-9-8-25-15-6-7-16(27-12-23(4,5)24)18-17(15)19(30)13-10-28-29-11-14(13)20(18)31/h6-7,10-11,25,27H,8-9,12,24H2,1-5H3,(H,26,32). The molecule has 1 amide bonds. The maximum Gasteiger partial charge on any atom is 0.407 e. The van der Waals surface area contributed by atoms with Gasteiger partial charge in [0.05, 0.1) is 34.6 Å². The molecule has 1 aromatic carbocycles. The summed E-state index contributed by atoms with van der Waals surface area (Å²) in [6.45, 7) is 10.0. The molecule has 1 aliphatic carbocycles. The normalized spacial score (nSPS) is 13.2. The van der Waals surface area contributed by atoms with E-state index in [4.69, 9.17) is 10.5 Å². The van der Waals surface area contributed by atoms with E-state index in [1.807, 2.05) is 13.8 Å². The minimum Gasteiger partial charge on any atom is -0.444 e. The molecule has 1 aromatic heterocycles. The first kappa shape index (κ1) is 24.1. The highest BCUT2D eigenvalue weighted by Gasteiger charge is 2.34. The minimum atomic E-state index is -0.597. The summed E-state index contributed by atoms with van der Waals surface area (Å²) in [4.78, 5) is 38.5. The third-order valence-corrected chi connectivity index (χ3v) is 4.72. The van der Waals surface area contributed by atoms with Gasteiger partial charge in [0.15, 0.2) is 11.6 Å². The maximum absolute atomic E-state index is 13.3. The highest BCUT2D eigenvalue weighted by atomic mass is 16.6. The Morgan fingerprint density at radius 2 is 1.42 bits per heavy atom. The van der Waals surface area contributed by atoms with Crippen molar-refractivity contribution < 1.29 is 19.1 Å². The summed E-state index contributed by atoms with van der Waals surface area (Å²) in [5.74, 6) is -0.643. The van der Waals surface area contributed by atoms with Gasteiger partial charge in [-0.15, -0.1) is 0 Å². The summed E-state index contributed by atoms with van der Waals surface area (Å²) >= 11 is 0. The van der Waals surface area contributed by atoms with Crippen molar-refractivity contribution in [1.82, 2.24) is 15.5 Å². The highest BCUT2D eigenvalue weighted by Crippen LogP contribution is 2.36. The number of carbonyl (C=O) groups is 3. The van der Waals surface area contributed by atoms with Crippen molar-refractivity contribution in [2.75, 3.05) is 30.3 Å². The lowest BCUT2D eigenvalue weighted by Gasteiger charge is -2.25. The van der Waals surface area contributed by atoms with Gasteiger partial charge in [-0.3, -0.25) is 9.59 Å². The van der Waals surface area contributed by atoms with E-state index in [0.717, 1.165) is 0 Å². The van der Waals surface area contributed by atoms with Crippen molar-refractivity contribution >= 4 is 29.0 Å². The van der Waals surface area contributed by atoms with Crippen LogP contribution in [0.25, 0.3) is 0 Å². The number of alkyl carbamates (subject to hydrolysis) is 1. The monoisotopic (exact) mass is 454 g/mol. The topological polar surface area (TPSA) is 148 Å². The average molecular weight is 455 g/mol. The Morgan fingerprint density at radius 3 is 1.91 bits per heavy atom. The first-order valence-electron chi connectivity index (χ1n) is 10.7. The van der Waals surface area contributed by atoms with Crippen LogP contribution in [0.1, 0.15) is 66.5 Å². The van der Waals surface area contributed by atoms with Crippen molar-refractivity contribution in [2.24, 2.45) is 5.73 Å². The smallest absolute Gasteiger partial charge is 0.407 e. The molecular formula is C23H30N6O4. The van der Waals surface area contributed by atoms with Gasteiger partial charge in [0, 0.05) is 36.5 Å². The number of nitrogens with zero attached hydrogens (tertiary/aromatic N) is 2. The molecule has 1 aliphatic rings. The second-order valence-corrected chi connectivity index (χ2v) is 9.58. The van der Waals surface area contributed by atoms with Crippen LogP contribution in [-0.2, 0) is 4.74 Å². The van der Waals surface area contributed by atoms with Crippen LogP contribution >= 0.6 is 0 Å². The van der Waals surface area contributed by atoms with Crippen LogP contribution in [0.5, 0.6) is 0 Å². The number of rotatable bonds is 7. The lowest BCUT2D eigenvalue weighted by Crippen LogP contribution is -2.40. The molecular weight excluding hydrogens is 424 g/mol. The highest BCUT2D eigenvalue weighted by molar-refractivity contribution is 6.31. The molecule has 0 radical (unpaired) electrons. The van der Waals surface area contributed by atoms with E-state index in [2.05, 4.69) is 26.1 Å². The number of nitrogens with one attached hydrogen (secondary N) is 3. The van der Waals surface area contributed by atoms with E-state index in [-0.39, 0.29) is 40.4 Å². The van der Waals surface area contributed by atoms with E-state index < -0.39 is 17.2 Å². The number of benzene rings is 1. The lowest BCUT2D eigenvalue weighted by molar-refractivity contribution is 0.0529. The van der Waals surface area contributed by atoms with Crippen molar-refractivity contribution in [2.45, 2.75) is 45.8 Å². The second kappa shape index (κ2) is 9.14. The fourth-order valence-corrected chi connectivity index (χ4v) is 3.32. The molecule has 3 rings (SSSR count). The largest absolute Gasteiger partial charge is 0.444 e. The molecule has 0 aliphatic heterocycles. The lowest BCUT2D eigenvalue weighted by atomic mass is 9.83. The summed E-state index contributed by atoms with van der Waals surface area (Å²) in [5, 5.41) is 16.5. The van der Waals surface area contributed by atoms with Crippen LogP contribution in [0.3, 0.4) is 0 Å². The van der Waals surface area contributed by atoms with E-state index in [0.29, 0.717) is 24.5 Å². The number of fused-ring (bicyclic) bond motifs is 2. The molecule has 0 spiro atoms. The van der Waals surface area contributed by atoms with E-state index in [1.54, 1.807) is 32.9 Å². The molecule has 176 valence electrons. The van der Waals surface area contributed by atoms with Crippen molar-refractivity contribution in [3.63, 3.8) is 0 Å². The molecule has 2 aromatic rings. The van der Waals surface area contributed by atoms with Gasteiger partial charge < -0.3 is 26.4 Å². The molecule has 1 heterocycles. The van der Waals surface area contributed by atoms with Gasteiger partial charge in [-0.2, -0.15) is 10.2 Å². The summed E-state index contributed by atoms with van der Waals surface area (Å²) in [7, 11) is 0. The molecule has 0 fully saturated rings. The predicted molar refractivity (Wildman–Crippen MR) is 125 cm³/mol. The van der Waals surface area contributed by atoms with Gasteiger partial charge in [0.2, 0.25) is 0 Å². The number of aromatic nitrogens is 2. The van der Waals surface area contributed by atoms with Crippen LogP contribution in [0, 0.1) is 0 Å². The fraction of sp³-hybridized carbons (Fsp3) is 0.435. The van der Waals surface area contributed by atoms with E-state index in [1.165, 1.54) is 12.4 Å². The number of hydrogen-bond donors (Lipinski definition) is 4. The molecule has 5 N–H and O–H groups in total. The molecule has 33 heavy (non-hydrogen) atoms. The second-order valence-electron chi connectivity index (χ2n) is 9.58. The molecule has 10 heteroatoms. The molecule has 0 bridgehead atoms. The van der Waals surface area contributed by atoms with Crippen molar-refractivity contribution in [3.8, 4) is 0 Å². The minimum absolute atomic E-state index is 0.203. The molecule has 0 unspecified atom stereocenters. The van der Waals surface area contributed by atoms with Gasteiger partial charge in [0.25, 0.3) is 0 Å². The molecule has 10 nitrogen and oxygen atoms in total. The Labute approximate surface area is 192 Å². The number of amides is 1. The van der Waals surface area contributed by atoms with Gasteiger partial charge in [0.1, 0.15) is 5.60 Å². The summed E-state index contributed by atoms with van der Waals surface area (Å²) in [6, 6.07) is 3.46. The van der Waals surface area contributed by atoms with Gasteiger partial charge in [-0.05, 0) is 46.8 Å². The van der Waals surface area contributed by atoms with Crippen molar-refractivity contribution in [3.05, 3.63) is 46.8 Å². The fourth-order valence-electron chi connectivity index (χ4n) is 3.32. The number of carbonyl (C=O) groups excluding carboxylic acids is 3. The Balaban J connectivity index is 1.86.